The molecule has 12 heteroatoms. The van der Waals surface area contributed by atoms with Crippen LogP contribution in [0.15, 0.2) is 48.5 Å². The number of carbonyl (C=O) groups excluding carboxylic acids is 2. The third-order valence-corrected chi connectivity index (χ3v) is 3.27. The van der Waals surface area contributed by atoms with E-state index in [-0.39, 0.29) is 11.4 Å². The Balaban J connectivity index is 1.82. The number of carbonyl (C=O) groups is 2. The molecule has 2 rings (SSSR count). The van der Waals surface area contributed by atoms with Crippen LogP contribution in [0, 0.1) is 0 Å². The topological polar surface area (TPSA) is 82.3 Å². The summed E-state index contributed by atoms with van der Waals surface area (Å²) in [6.07, 6.45) is -9.02. The van der Waals surface area contributed by atoms with Gasteiger partial charge in [0.2, 0.25) is 0 Å². The van der Waals surface area contributed by atoms with Crippen molar-refractivity contribution in [3.63, 3.8) is 0 Å². The number of nitrogens with one attached hydrogen (secondary N) is 4. The molecule has 28 heavy (non-hydrogen) atoms. The molecule has 0 aromatic heterocycles. The van der Waals surface area contributed by atoms with Gasteiger partial charge in [-0.1, -0.05) is 0 Å². The average molecular weight is 406 g/mol. The molecule has 2 aromatic carbocycles. The zero-order chi connectivity index (χ0) is 20.9. The van der Waals surface area contributed by atoms with Crippen LogP contribution >= 0.6 is 0 Å². The molecule has 0 heterocycles. The SMILES string of the molecule is O=C(NNc1ccc(C(F)(F)F)cc1)C(=O)NNc1ccc(C(F)(F)F)cc1. The van der Waals surface area contributed by atoms with E-state index in [2.05, 4.69) is 10.9 Å². The highest BCUT2D eigenvalue weighted by Gasteiger charge is 2.30. The lowest BCUT2D eigenvalue weighted by atomic mass is 10.2. The van der Waals surface area contributed by atoms with Gasteiger partial charge in [0.25, 0.3) is 0 Å². The van der Waals surface area contributed by atoms with E-state index < -0.39 is 35.3 Å². The van der Waals surface area contributed by atoms with Crippen molar-refractivity contribution in [2.45, 2.75) is 12.4 Å². The van der Waals surface area contributed by atoms with Crippen LogP contribution in [0.25, 0.3) is 0 Å². The summed E-state index contributed by atoms with van der Waals surface area (Å²) in [5.41, 5.74) is 6.80. The summed E-state index contributed by atoms with van der Waals surface area (Å²) in [6.45, 7) is 0. The monoisotopic (exact) mass is 406 g/mol. The van der Waals surface area contributed by atoms with Crippen LogP contribution in [-0.2, 0) is 21.9 Å². The maximum absolute atomic E-state index is 12.4. The quantitative estimate of drug-likeness (QED) is 0.357. The number of hydrogen-bond acceptors (Lipinski definition) is 4. The molecule has 0 radical (unpaired) electrons. The number of alkyl halides is 6. The van der Waals surface area contributed by atoms with Crippen molar-refractivity contribution in [2.75, 3.05) is 10.9 Å². The Morgan fingerprint density at radius 1 is 0.571 bits per heavy atom. The van der Waals surface area contributed by atoms with Gasteiger partial charge in [-0.25, -0.2) is 0 Å². The summed E-state index contributed by atoms with van der Waals surface area (Å²) in [7, 11) is 0. The minimum atomic E-state index is -4.51. The first kappa shape index (κ1) is 20.9. The molecule has 0 fully saturated rings. The fourth-order valence-electron chi connectivity index (χ4n) is 1.86. The van der Waals surface area contributed by atoms with Crippen molar-refractivity contribution in [2.24, 2.45) is 0 Å². The lowest BCUT2D eigenvalue weighted by Gasteiger charge is -2.12. The highest BCUT2D eigenvalue weighted by Crippen LogP contribution is 2.30. The van der Waals surface area contributed by atoms with Crippen LogP contribution in [0.2, 0.25) is 0 Å². The first-order valence-electron chi connectivity index (χ1n) is 7.43. The molecule has 0 saturated carbocycles. The van der Waals surface area contributed by atoms with E-state index in [1.807, 2.05) is 10.9 Å². The smallest absolute Gasteiger partial charge is 0.298 e. The summed E-state index contributed by atoms with van der Waals surface area (Å²) in [4.78, 5) is 23.2. The van der Waals surface area contributed by atoms with E-state index in [1.165, 1.54) is 0 Å². The maximum atomic E-state index is 12.4. The molecular formula is C16H12F6N4O2. The Hall–Kier alpha value is -3.44. The van der Waals surface area contributed by atoms with Crippen LogP contribution in [-0.4, -0.2) is 11.8 Å². The van der Waals surface area contributed by atoms with Crippen molar-refractivity contribution in [3.8, 4) is 0 Å². The van der Waals surface area contributed by atoms with Gasteiger partial charge in [0.05, 0.1) is 22.5 Å². The molecule has 0 bridgehead atoms. The Morgan fingerprint density at radius 3 is 1.11 bits per heavy atom. The van der Waals surface area contributed by atoms with Gasteiger partial charge >= 0.3 is 24.2 Å². The average Bonchev–Trinajstić information content (AvgIpc) is 2.63. The molecule has 0 atom stereocenters. The van der Waals surface area contributed by atoms with Gasteiger partial charge in [0.1, 0.15) is 0 Å². The molecule has 4 N–H and O–H groups in total. The van der Waals surface area contributed by atoms with Crippen LogP contribution in [0.1, 0.15) is 11.1 Å². The molecule has 0 saturated heterocycles. The summed E-state index contributed by atoms with van der Waals surface area (Å²) >= 11 is 0. The predicted octanol–water partition coefficient (Wildman–Crippen LogP) is 3.31. The van der Waals surface area contributed by atoms with Gasteiger partial charge in [0, 0.05) is 0 Å². The van der Waals surface area contributed by atoms with Gasteiger partial charge in [-0.05, 0) is 48.5 Å². The van der Waals surface area contributed by atoms with Crippen molar-refractivity contribution in [1.29, 1.82) is 0 Å². The van der Waals surface area contributed by atoms with Crippen molar-refractivity contribution >= 4 is 23.2 Å². The third-order valence-electron chi connectivity index (χ3n) is 3.27. The van der Waals surface area contributed by atoms with Gasteiger partial charge < -0.3 is 0 Å². The van der Waals surface area contributed by atoms with E-state index >= 15 is 0 Å². The fourth-order valence-corrected chi connectivity index (χ4v) is 1.86. The Morgan fingerprint density at radius 2 is 0.857 bits per heavy atom. The molecule has 2 amide bonds. The van der Waals surface area contributed by atoms with Crippen LogP contribution in [0.4, 0.5) is 37.7 Å². The number of rotatable bonds is 4. The van der Waals surface area contributed by atoms with E-state index in [0.717, 1.165) is 48.5 Å². The van der Waals surface area contributed by atoms with Gasteiger partial charge in [-0.2, -0.15) is 26.3 Å². The zero-order valence-electron chi connectivity index (χ0n) is 13.7. The van der Waals surface area contributed by atoms with E-state index in [9.17, 15) is 35.9 Å². The predicted molar refractivity (Wildman–Crippen MR) is 86.4 cm³/mol. The second kappa shape index (κ2) is 8.06. The fraction of sp³-hybridized carbons (Fsp3) is 0.125. The highest BCUT2D eigenvalue weighted by molar-refractivity contribution is 6.35. The number of anilines is 2. The van der Waals surface area contributed by atoms with Crippen LogP contribution in [0.5, 0.6) is 0 Å². The lowest BCUT2D eigenvalue weighted by Crippen LogP contribution is -2.44. The number of hydrogen-bond donors (Lipinski definition) is 4. The third kappa shape index (κ3) is 5.79. The summed E-state index contributed by atoms with van der Waals surface area (Å²) in [5.74, 6) is -2.39. The minimum Gasteiger partial charge on any atom is -0.298 e. The Kier molecular flexibility index (Phi) is 6.01. The van der Waals surface area contributed by atoms with Crippen molar-refractivity contribution in [1.82, 2.24) is 10.9 Å². The van der Waals surface area contributed by atoms with Gasteiger partial charge in [-0.3, -0.25) is 31.3 Å². The van der Waals surface area contributed by atoms with Crippen LogP contribution < -0.4 is 21.7 Å². The maximum Gasteiger partial charge on any atom is 0.416 e. The molecule has 0 aliphatic heterocycles. The van der Waals surface area contributed by atoms with E-state index in [1.54, 1.807) is 0 Å². The molecule has 0 spiro atoms. The normalized spacial score (nSPS) is 11.5. The van der Waals surface area contributed by atoms with E-state index in [4.69, 9.17) is 0 Å². The molecule has 150 valence electrons. The van der Waals surface area contributed by atoms with Gasteiger partial charge in [-0.15, -0.1) is 0 Å². The number of hydrazine groups is 2. The summed E-state index contributed by atoms with van der Waals surface area (Å²) in [5, 5.41) is 0. The first-order chi connectivity index (χ1) is 13.0. The molecule has 6 nitrogen and oxygen atoms in total. The highest BCUT2D eigenvalue weighted by atomic mass is 19.4. The van der Waals surface area contributed by atoms with Gasteiger partial charge in [0.15, 0.2) is 0 Å². The standard InChI is InChI=1S/C16H12F6N4O2/c17-15(18,19)9-1-5-11(6-2-9)23-25-13(27)14(28)26-24-12-7-3-10(4-8-12)16(20,21)22/h1-8,23-24H,(H,25,27)(H,26,28). The number of amides is 2. The molecule has 0 unspecified atom stereocenters. The largest absolute Gasteiger partial charge is 0.416 e. The number of halogens is 6. The Labute approximate surface area is 153 Å². The summed E-state index contributed by atoms with van der Waals surface area (Å²) < 4.78 is 74.6. The number of benzene rings is 2. The Bertz CT molecular complexity index is 761. The van der Waals surface area contributed by atoms with Crippen molar-refractivity contribution in [3.05, 3.63) is 59.7 Å². The molecule has 0 aliphatic rings. The molecule has 0 aliphatic carbocycles. The summed E-state index contributed by atoms with van der Waals surface area (Å²) in [6, 6.07) is 7.29. The zero-order valence-corrected chi connectivity index (χ0v) is 13.7. The van der Waals surface area contributed by atoms with Crippen molar-refractivity contribution < 1.29 is 35.9 Å². The first-order valence-corrected chi connectivity index (χ1v) is 7.43. The van der Waals surface area contributed by atoms with Crippen LogP contribution in [0.3, 0.4) is 0 Å². The second-order valence-corrected chi connectivity index (χ2v) is 5.31. The minimum absolute atomic E-state index is 0.0878. The molecular weight excluding hydrogens is 394 g/mol. The molecule has 2 aromatic rings. The van der Waals surface area contributed by atoms with E-state index in [0.29, 0.717) is 0 Å². The lowest BCUT2D eigenvalue weighted by molar-refractivity contribution is -0.138. The second-order valence-electron chi connectivity index (χ2n) is 5.31.